The molecule has 2 aromatic carbocycles. The van der Waals surface area contributed by atoms with Crippen LogP contribution in [0.5, 0.6) is 0 Å². The van der Waals surface area contributed by atoms with Crippen LogP contribution in [-0.2, 0) is 12.7 Å². The van der Waals surface area contributed by atoms with Crippen molar-refractivity contribution in [1.29, 1.82) is 0 Å². The van der Waals surface area contributed by atoms with Crippen molar-refractivity contribution in [2.45, 2.75) is 12.7 Å². The van der Waals surface area contributed by atoms with Gasteiger partial charge >= 0.3 is 6.18 Å². The van der Waals surface area contributed by atoms with Crippen LogP contribution < -0.4 is 10.6 Å². The number of hydrogen-bond donors (Lipinski definition) is 2. The molecule has 0 fully saturated rings. The third-order valence-corrected chi connectivity index (χ3v) is 4.50. The van der Waals surface area contributed by atoms with E-state index in [-0.39, 0.29) is 17.1 Å². The number of nitrogens with one attached hydrogen (secondary N) is 2. The van der Waals surface area contributed by atoms with Gasteiger partial charge < -0.3 is 10.6 Å². The molecule has 0 saturated heterocycles. The molecule has 0 bridgehead atoms. The second-order valence-corrected chi connectivity index (χ2v) is 6.85. The van der Waals surface area contributed by atoms with Gasteiger partial charge in [0.15, 0.2) is 0 Å². The minimum Gasteiger partial charge on any atom is -0.340 e. The number of benzene rings is 2. The van der Waals surface area contributed by atoms with E-state index in [1.807, 2.05) is 6.07 Å². The zero-order valence-corrected chi connectivity index (χ0v) is 16.5. The van der Waals surface area contributed by atoms with E-state index in [4.69, 9.17) is 0 Å². The number of alkyl halides is 3. The molecular formula is C22H17F3N6O. The van der Waals surface area contributed by atoms with E-state index in [0.29, 0.717) is 12.2 Å². The number of rotatable bonds is 6. The summed E-state index contributed by atoms with van der Waals surface area (Å²) in [6.07, 6.45) is 0.00427. The molecule has 0 atom stereocenters. The zero-order valence-electron chi connectivity index (χ0n) is 16.5. The van der Waals surface area contributed by atoms with Crippen molar-refractivity contribution >= 4 is 23.1 Å². The van der Waals surface area contributed by atoms with Gasteiger partial charge in [0.2, 0.25) is 0 Å². The lowest BCUT2D eigenvalue weighted by Gasteiger charge is -2.13. The number of aromatic nitrogens is 4. The predicted molar refractivity (Wildman–Crippen MR) is 112 cm³/mol. The minimum absolute atomic E-state index is 0.142. The molecule has 162 valence electrons. The zero-order chi connectivity index (χ0) is 22.6. The molecule has 0 aliphatic rings. The van der Waals surface area contributed by atoms with Gasteiger partial charge in [-0.15, -0.1) is 0 Å². The van der Waals surface area contributed by atoms with Gasteiger partial charge in [0.25, 0.3) is 5.91 Å². The number of anilines is 3. The topological polar surface area (TPSA) is 84.7 Å². The number of halogens is 3. The maximum atomic E-state index is 13.0. The van der Waals surface area contributed by atoms with Crippen molar-refractivity contribution in [3.8, 4) is 0 Å². The Morgan fingerprint density at radius 2 is 1.81 bits per heavy atom. The van der Waals surface area contributed by atoms with Crippen LogP contribution in [0.3, 0.4) is 0 Å². The van der Waals surface area contributed by atoms with Crippen LogP contribution in [0.1, 0.15) is 21.5 Å². The average molecular weight is 438 g/mol. The van der Waals surface area contributed by atoms with Crippen molar-refractivity contribution < 1.29 is 18.0 Å². The number of carbonyl (C=O) groups excluding carboxylic acids is 1. The molecule has 2 heterocycles. The molecule has 10 heteroatoms. The molecule has 0 unspecified atom stereocenters. The molecule has 0 saturated carbocycles. The summed E-state index contributed by atoms with van der Waals surface area (Å²) in [5.74, 6) is -0.312. The summed E-state index contributed by atoms with van der Waals surface area (Å²) in [6.45, 7) is 0.485. The highest BCUT2D eigenvalue weighted by molar-refractivity contribution is 6.07. The Hall–Kier alpha value is -4.21. The summed E-state index contributed by atoms with van der Waals surface area (Å²) in [7, 11) is 0. The van der Waals surface area contributed by atoms with Gasteiger partial charge in [0.05, 0.1) is 17.7 Å². The Bertz CT molecular complexity index is 1220. The van der Waals surface area contributed by atoms with Crippen LogP contribution in [0.2, 0.25) is 0 Å². The first kappa shape index (κ1) is 21.0. The molecule has 0 aliphatic heterocycles. The number of hydrogen-bond acceptors (Lipinski definition) is 5. The normalized spacial score (nSPS) is 11.2. The summed E-state index contributed by atoms with van der Waals surface area (Å²) >= 11 is 0. The maximum Gasteiger partial charge on any atom is 0.416 e. The van der Waals surface area contributed by atoms with Gasteiger partial charge in [-0.05, 0) is 48.0 Å². The molecular weight excluding hydrogens is 421 g/mol. The molecule has 1 amide bonds. The highest BCUT2D eigenvalue weighted by Gasteiger charge is 2.30. The second-order valence-electron chi connectivity index (χ2n) is 6.85. The molecule has 7 nitrogen and oxygen atoms in total. The highest BCUT2D eigenvalue weighted by Crippen LogP contribution is 2.31. The summed E-state index contributed by atoms with van der Waals surface area (Å²) in [6, 6.07) is 15.0. The van der Waals surface area contributed by atoms with Crippen molar-refractivity contribution in [3.63, 3.8) is 0 Å². The van der Waals surface area contributed by atoms with E-state index in [1.54, 1.807) is 35.3 Å². The Morgan fingerprint density at radius 1 is 1.00 bits per heavy atom. The van der Waals surface area contributed by atoms with Gasteiger partial charge in [-0.3, -0.25) is 4.79 Å². The summed E-state index contributed by atoms with van der Waals surface area (Å²) in [5.41, 5.74) is 1.02. The van der Waals surface area contributed by atoms with E-state index in [0.717, 1.165) is 17.7 Å². The minimum atomic E-state index is -4.47. The highest BCUT2D eigenvalue weighted by atomic mass is 19.4. The van der Waals surface area contributed by atoms with E-state index in [2.05, 4.69) is 25.7 Å². The first-order valence-corrected chi connectivity index (χ1v) is 9.50. The van der Waals surface area contributed by atoms with E-state index < -0.39 is 17.6 Å². The smallest absolute Gasteiger partial charge is 0.340 e. The SMILES string of the molecule is O=C(Nc1cccc(Cn2cncn2)c1)c1cccnc1Nc1cccc(C(F)(F)F)c1. The Balaban J connectivity index is 1.52. The van der Waals surface area contributed by atoms with E-state index in [1.165, 1.54) is 30.7 Å². The van der Waals surface area contributed by atoms with E-state index in [9.17, 15) is 18.0 Å². The monoisotopic (exact) mass is 438 g/mol. The first-order chi connectivity index (χ1) is 15.4. The first-order valence-electron chi connectivity index (χ1n) is 9.50. The number of carbonyl (C=O) groups is 1. The van der Waals surface area contributed by atoms with Crippen LogP contribution in [0, 0.1) is 0 Å². The summed E-state index contributed by atoms with van der Waals surface area (Å²) in [5, 5.41) is 9.65. The maximum absolute atomic E-state index is 13.0. The molecule has 4 rings (SSSR count). The van der Waals surface area contributed by atoms with Crippen molar-refractivity contribution in [2.24, 2.45) is 0 Å². The molecule has 4 aromatic rings. The molecule has 32 heavy (non-hydrogen) atoms. The van der Waals surface area contributed by atoms with Crippen LogP contribution in [0.4, 0.5) is 30.4 Å². The van der Waals surface area contributed by atoms with Crippen molar-refractivity contribution in [3.05, 3.63) is 96.2 Å². The standard InChI is InChI=1S/C22H17F3N6O/c23-22(24,25)16-5-2-7-18(11-16)29-20-19(8-3-9-27-20)21(32)30-17-6-1-4-15(10-17)12-31-14-26-13-28-31/h1-11,13-14H,12H2,(H,27,29)(H,30,32). The van der Waals surface area contributed by atoms with E-state index >= 15 is 0 Å². The largest absolute Gasteiger partial charge is 0.416 e. The van der Waals surface area contributed by atoms with Gasteiger partial charge in [-0.25, -0.2) is 14.6 Å². The van der Waals surface area contributed by atoms with Crippen LogP contribution in [0.15, 0.2) is 79.5 Å². The van der Waals surface area contributed by atoms with Crippen molar-refractivity contribution in [2.75, 3.05) is 10.6 Å². The third-order valence-electron chi connectivity index (χ3n) is 4.50. The lowest BCUT2D eigenvalue weighted by Crippen LogP contribution is -2.15. The predicted octanol–water partition coefficient (Wildman–Crippen LogP) is 4.74. The summed E-state index contributed by atoms with van der Waals surface area (Å²) < 4.78 is 40.6. The molecule has 0 aliphatic carbocycles. The van der Waals surface area contributed by atoms with Gasteiger partial charge in [-0.2, -0.15) is 18.3 Å². The molecule has 0 radical (unpaired) electrons. The van der Waals surface area contributed by atoms with Crippen LogP contribution in [-0.4, -0.2) is 25.7 Å². The fourth-order valence-electron chi connectivity index (χ4n) is 3.05. The average Bonchev–Trinajstić information content (AvgIpc) is 3.27. The molecule has 2 aromatic heterocycles. The Labute approximate surface area is 181 Å². The Morgan fingerprint density at radius 3 is 2.59 bits per heavy atom. The number of amides is 1. The molecule has 2 N–H and O–H groups in total. The van der Waals surface area contributed by atoms with Gasteiger partial charge in [-0.1, -0.05) is 18.2 Å². The lowest BCUT2D eigenvalue weighted by atomic mass is 10.1. The van der Waals surface area contributed by atoms with Gasteiger partial charge in [0.1, 0.15) is 18.5 Å². The fourth-order valence-corrected chi connectivity index (χ4v) is 3.05. The third kappa shape index (κ3) is 5.09. The van der Waals surface area contributed by atoms with Crippen LogP contribution in [0.25, 0.3) is 0 Å². The van der Waals surface area contributed by atoms with Crippen molar-refractivity contribution in [1.82, 2.24) is 19.7 Å². The fraction of sp³-hybridized carbons (Fsp3) is 0.0909. The van der Waals surface area contributed by atoms with Crippen LogP contribution >= 0.6 is 0 Å². The Kier molecular flexibility index (Phi) is 5.84. The lowest BCUT2D eigenvalue weighted by molar-refractivity contribution is -0.137. The number of pyridine rings is 1. The molecule has 0 spiro atoms. The quantitative estimate of drug-likeness (QED) is 0.454. The van der Waals surface area contributed by atoms with Gasteiger partial charge in [0, 0.05) is 17.6 Å². The number of nitrogens with zero attached hydrogens (tertiary/aromatic N) is 4. The summed E-state index contributed by atoms with van der Waals surface area (Å²) in [4.78, 5) is 20.9. The second kappa shape index (κ2) is 8.88.